The van der Waals surface area contributed by atoms with Crippen molar-refractivity contribution in [3.63, 3.8) is 0 Å². The molecule has 132 valence electrons. The summed E-state index contributed by atoms with van der Waals surface area (Å²) in [6.45, 7) is 5.12. The Hall–Kier alpha value is -2.15. The number of hydrogen-bond donors (Lipinski definition) is 2. The van der Waals surface area contributed by atoms with Crippen LogP contribution in [0, 0.1) is 0 Å². The summed E-state index contributed by atoms with van der Waals surface area (Å²) in [4.78, 5) is 17.6. The number of rotatable bonds is 6. The minimum absolute atomic E-state index is 0.294. The lowest BCUT2D eigenvalue weighted by molar-refractivity contribution is 0.0342. The standard InChI is InChI=1S/C18H21ClN4O2/c19-16-9-15(17(20)24)11-22-18(16)21-10-13-1-3-14(4-2-13)12-23-5-7-25-8-6-23/h1-4,9,11H,5-8,10,12H2,(H2,20,24)(H,21,22). The number of nitrogens with two attached hydrogens (primary N) is 1. The van der Waals surface area contributed by atoms with Gasteiger partial charge in [-0.25, -0.2) is 4.98 Å². The summed E-state index contributed by atoms with van der Waals surface area (Å²) in [7, 11) is 0. The second kappa shape index (κ2) is 8.29. The number of primary amides is 1. The van der Waals surface area contributed by atoms with E-state index >= 15 is 0 Å². The van der Waals surface area contributed by atoms with Gasteiger partial charge in [-0.05, 0) is 17.2 Å². The zero-order chi connectivity index (χ0) is 17.6. The topological polar surface area (TPSA) is 80.5 Å². The number of benzene rings is 1. The SMILES string of the molecule is NC(=O)c1cnc(NCc2ccc(CN3CCOCC3)cc2)c(Cl)c1. The van der Waals surface area contributed by atoms with Gasteiger partial charge in [0.15, 0.2) is 0 Å². The van der Waals surface area contributed by atoms with Crippen LogP contribution in [-0.4, -0.2) is 42.1 Å². The first-order valence-corrected chi connectivity index (χ1v) is 8.57. The Bertz CT molecular complexity index is 730. The van der Waals surface area contributed by atoms with E-state index in [1.54, 1.807) is 0 Å². The van der Waals surface area contributed by atoms with Crippen molar-refractivity contribution in [2.24, 2.45) is 5.73 Å². The van der Waals surface area contributed by atoms with Crippen LogP contribution in [0.4, 0.5) is 5.82 Å². The zero-order valence-electron chi connectivity index (χ0n) is 13.9. The Balaban J connectivity index is 1.55. The molecular weight excluding hydrogens is 340 g/mol. The van der Waals surface area contributed by atoms with Crippen LogP contribution < -0.4 is 11.1 Å². The van der Waals surface area contributed by atoms with E-state index in [-0.39, 0.29) is 0 Å². The average molecular weight is 361 g/mol. The summed E-state index contributed by atoms with van der Waals surface area (Å²) >= 11 is 6.12. The van der Waals surface area contributed by atoms with E-state index < -0.39 is 5.91 Å². The molecule has 2 aromatic rings. The van der Waals surface area contributed by atoms with Crippen molar-refractivity contribution in [3.8, 4) is 0 Å². The minimum Gasteiger partial charge on any atom is -0.379 e. The van der Waals surface area contributed by atoms with E-state index in [2.05, 4.69) is 39.5 Å². The fourth-order valence-corrected chi connectivity index (χ4v) is 2.90. The monoisotopic (exact) mass is 360 g/mol. The molecule has 1 amide bonds. The number of nitrogens with zero attached hydrogens (tertiary/aromatic N) is 2. The third-order valence-corrected chi connectivity index (χ3v) is 4.41. The summed E-state index contributed by atoms with van der Waals surface area (Å²) in [5.41, 5.74) is 7.92. The van der Waals surface area contributed by atoms with Crippen molar-refractivity contribution >= 4 is 23.3 Å². The maximum Gasteiger partial charge on any atom is 0.250 e. The predicted octanol–water partition coefficient (Wildman–Crippen LogP) is 2.28. The van der Waals surface area contributed by atoms with Gasteiger partial charge in [0.1, 0.15) is 5.82 Å². The van der Waals surface area contributed by atoms with E-state index in [4.69, 9.17) is 22.1 Å². The van der Waals surface area contributed by atoms with Gasteiger partial charge in [-0.15, -0.1) is 0 Å². The van der Waals surface area contributed by atoms with Gasteiger partial charge in [-0.1, -0.05) is 35.9 Å². The maximum absolute atomic E-state index is 11.1. The van der Waals surface area contributed by atoms with Crippen LogP contribution in [0.1, 0.15) is 21.5 Å². The number of morpholine rings is 1. The molecule has 0 unspecified atom stereocenters. The van der Waals surface area contributed by atoms with E-state index in [0.29, 0.717) is 22.9 Å². The highest BCUT2D eigenvalue weighted by atomic mass is 35.5. The Kier molecular flexibility index (Phi) is 5.86. The first-order chi connectivity index (χ1) is 12.1. The molecule has 1 aromatic carbocycles. The van der Waals surface area contributed by atoms with Crippen LogP contribution in [0.5, 0.6) is 0 Å². The highest BCUT2D eigenvalue weighted by Crippen LogP contribution is 2.20. The summed E-state index contributed by atoms with van der Waals surface area (Å²) in [5, 5.41) is 3.55. The molecule has 0 radical (unpaired) electrons. The number of hydrogen-bond acceptors (Lipinski definition) is 5. The number of carbonyl (C=O) groups excluding carboxylic acids is 1. The molecule has 0 atom stereocenters. The average Bonchev–Trinajstić information content (AvgIpc) is 2.62. The molecule has 2 heterocycles. The maximum atomic E-state index is 11.1. The second-order valence-electron chi connectivity index (χ2n) is 5.98. The second-order valence-corrected chi connectivity index (χ2v) is 6.38. The molecule has 1 aliphatic heterocycles. The molecule has 3 rings (SSSR count). The van der Waals surface area contributed by atoms with E-state index in [9.17, 15) is 4.79 Å². The smallest absolute Gasteiger partial charge is 0.250 e. The molecule has 7 heteroatoms. The number of nitrogens with one attached hydrogen (secondary N) is 1. The highest BCUT2D eigenvalue weighted by molar-refractivity contribution is 6.33. The molecule has 0 bridgehead atoms. The molecule has 1 aromatic heterocycles. The van der Waals surface area contributed by atoms with Gasteiger partial charge < -0.3 is 15.8 Å². The lowest BCUT2D eigenvalue weighted by Crippen LogP contribution is -2.35. The van der Waals surface area contributed by atoms with E-state index in [1.807, 2.05) is 0 Å². The van der Waals surface area contributed by atoms with Crippen molar-refractivity contribution in [2.45, 2.75) is 13.1 Å². The van der Waals surface area contributed by atoms with Crippen molar-refractivity contribution in [1.82, 2.24) is 9.88 Å². The number of aromatic nitrogens is 1. The zero-order valence-corrected chi connectivity index (χ0v) is 14.6. The van der Waals surface area contributed by atoms with Crippen molar-refractivity contribution in [2.75, 3.05) is 31.6 Å². The van der Waals surface area contributed by atoms with Crippen LogP contribution in [0.25, 0.3) is 0 Å². The molecule has 3 N–H and O–H groups in total. The lowest BCUT2D eigenvalue weighted by atomic mass is 10.1. The quantitative estimate of drug-likeness (QED) is 0.826. The van der Waals surface area contributed by atoms with Crippen molar-refractivity contribution < 1.29 is 9.53 Å². The van der Waals surface area contributed by atoms with Gasteiger partial charge in [-0.2, -0.15) is 0 Å². The first kappa shape index (κ1) is 17.7. The highest BCUT2D eigenvalue weighted by Gasteiger charge is 2.11. The van der Waals surface area contributed by atoms with Crippen molar-refractivity contribution in [1.29, 1.82) is 0 Å². The van der Waals surface area contributed by atoms with Gasteiger partial charge in [0.05, 0.1) is 23.8 Å². The Morgan fingerprint density at radius 3 is 2.56 bits per heavy atom. The minimum atomic E-state index is -0.545. The third kappa shape index (κ3) is 4.92. The van der Waals surface area contributed by atoms with Crippen LogP contribution in [0.2, 0.25) is 5.02 Å². The summed E-state index contributed by atoms with van der Waals surface area (Å²) in [6, 6.07) is 9.98. The summed E-state index contributed by atoms with van der Waals surface area (Å²) in [6.07, 6.45) is 1.42. The molecule has 0 spiro atoms. The van der Waals surface area contributed by atoms with Gasteiger partial charge >= 0.3 is 0 Å². The number of halogens is 1. The molecule has 0 saturated carbocycles. The molecule has 1 saturated heterocycles. The number of carbonyl (C=O) groups is 1. The third-order valence-electron chi connectivity index (χ3n) is 4.12. The number of pyridine rings is 1. The van der Waals surface area contributed by atoms with Gasteiger partial charge in [0, 0.05) is 32.4 Å². The Labute approximate surface area is 151 Å². The fourth-order valence-electron chi connectivity index (χ4n) is 2.67. The molecule has 25 heavy (non-hydrogen) atoms. The van der Waals surface area contributed by atoms with E-state index in [0.717, 1.165) is 38.4 Å². The summed E-state index contributed by atoms with van der Waals surface area (Å²) in [5.74, 6) is -0.0131. The summed E-state index contributed by atoms with van der Waals surface area (Å²) < 4.78 is 5.37. The fraction of sp³-hybridized carbons (Fsp3) is 0.333. The van der Waals surface area contributed by atoms with Gasteiger partial charge in [0.2, 0.25) is 5.91 Å². The number of amides is 1. The largest absolute Gasteiger partial charge is 0.379 e. The Morgan fingerprint density at radius 2 is 1.92 bits per heavy atom. The molecule has 1 aliphatic rings. The lowest BCUT2D eigenvalue weighted by Gasteiger charge is -2.26. The van der Waals surface area contributed by atoms with E-state index in [1.165, 1.54) is 17.8 Å². The predicted molar refractivity (Wildman–Crippen MR) is 97.6 cm³/mol. The molecular formula is C18H21ClN4O2. The van der Waals surface area contributed by atoms with Gasteiger partial charge in [-0.3, -0.25) is 9.69 Å². The number of anilines is 1. The normalized spacial score (nSPS) is 15.1. The van der Waals surface area contributed by atoms with Gasteiger partial charge in [0.25, 0.3) is 0 Å². The van der Waals surface area contributed by atoms with Crippen LogP contribution >= 0.6 is 11.6 Å². The first-order valence-electron chi connectivity index (χ1n) is 8.19. The van der Waals surface area contributed by atoms with Crippen molar-refractivity contribution in [3.05, 3.63) is 58.2 Å². The molecule has 0 aliphatic carbocycles. The molecule has 6 nitrogen and oxygen atoms in total. The molecule has 1 fully saturated rings. The van der Waals surface area contributed by atoms with Crippen LogP contribution in [-0.2, 0) is 17.8 Å². The van der Waals surface area contributed by atoms with Crippen LogP contribution in [0.3, 0.4) is 0 Å². The van der Waals surface area contributed by atoms with Crippen LogP contribution in [0.15, 0.2) is 36.5 Å². The Morgan fingerprint density at radius 1 is 1.24 bits per heavy atom. The number of ether oxygens (including phenoxy) is 1.